The maximum Gasteiger partial charge on any atom is 0.180 e. The lowest BCUT2D eigenvalue weighted by molar-refractivity contribution is 0.348. The summed E-state index contributed by atoms with van der Waals surface area (Å²) in [5.41, 5.74) is 1.31. The molecule has 0 aliphatic heterocycles. The van der Waals surface area contributed by atoms with Gasteiger partial charge in [-0.25, -0.2) is 0 Å². The van der Waals surface area contributed by atoms with Crippen LogP contribution in [0.3, 0.4) is 0 Å². The van der Waals surface area contributed by atoms with E-state index < -0.39 is 0 Å². The van der Waals surface area contributed by atoms with Gasteiger partial charge in [-0.05, 0) is 12.0 Å². The van der Waals surface area contributed by atoms with Crippen molar-refractivity contribution < 1.29 is 4.74 Å². The summed E-state index contributed by atoms with van der Waals surface area (Å²) in [6, 6.07) is 10.4. The Kier molecular flexibility index (Phi) is 4.53. The highest BCUT2D eigenvalue weighted by Gasteiger charge is 2.27. The van der Waals surface area contributed by atoms with E-state index in [-0.39, 0.29) is 5.41 Å². The summed E-state index contributed by atoms with van der Waals surface area (Å²) in [5, 5.41) is 7.70. The maximum atomic E-state index is 7.70. The van der Waals surface area contributed by atoms with E-state index >= 15 is 0 Å². The van der Waals surface area contributed by atoms with Crippen LogP contribution in [0.4, 0.5) is 0 Å². The van der Waals surface area contributed by atoms with Crippen molar-refractivity contribution in [2.24, 2.45) is 0 Å². The average Bonchev–Trinajstić information content (AvgIpc) is 2.30. The van der Waals surface area contributed by atoms with Crippen molar-refractivity contribution in [1.29, 1.82) is 5.41 Å². The molecule has 0 amide bonds. The molecule has 1 N–H and O–H groups in total. The van der Waals surface area contributed by atoms with Crippen molar-refractivity contribution in [2.45, 2.75) is 38.5 Å². The maximum absolute atomic E-state index is 7.70. The Morgan fingerprint density at radius 3 is 2.44 bits per heavy atom. The van der Waals surface area contributed by atoms with Crippen LogP contribution in [-0.4, -0.2) is 13.0 Å². The van der Waals surface area contributed by atoms with E-state index in [1.54, 1.807) is 7.11 Å². The molecule has 0 bridgehead atoms. The lowest BCUT2D eigenvalue weighted by atomic mass is 9.76. The molecule has 16 heavy (non-hydrogen) atoms. The largest absolute Gasteiger partial charge is 0.484 e. The fourth-order valence-corrected chi connectivity index (χ4v) is 2.15. The molecule has 0 aliphatic rings. The van der Waals surface area contributed by atoms with Gasteiger partial charge in [0.25, 0.3) is 0 Å². The molecule has 1 rings (SSSR count). The molecule has 0 aliphatic carbocycles. The summed E-state index contributed by atoms with van der Waals surface area (Å²) < 4.78 is 5.00. The summed E-state index contributed by atoms with van der Waals surface area (Å²) in [5.74, 6) is 0.361. The van der Waals surface area contributed by atoms with Gasteiger partial charge in [-0.2, -0.15) is 0 Å². The molecule has 2 nitrogen and oxygen atoms in total. The lowest BCUT2D eigenvalue weighted by Gasteiger charge is -2.29. The van der Waals surface area contributed by atoms with E-state index in [0.29, 0.717) is 12.3 Å². The topological polar surface area (TPSA) is 33.1 Å². The molecule has 1 aromatic rings. The summed E-state index contributed by atoms with van der Waals surface area (Å²) in [6.07, 6.45) is 2.85. The van der Waals surface area contributed by atoms with Gasteiger partial charge in [-0.15, -0.1) is 0 Å². The molecule has 1 aromatic carbocycles. The Hall–Kier alpha value is -1.31. The van der Waals surface area contributed by atoms with E-state index in [2.05, 4.69) is 38.1 Å². The zero-order valence-electron chi connectivity index (χ0n) is 10.4. The zero-order chi connectivity index (χ0) is 12.0. The van der Waals surface area contributed by atoms with Gasteiger partial charge in [0.2, 0.25) is 0 Å². The third-order valence-corrected chi connectivity index (χ3v) is 3.07. The van der Waals surface area contributed by atoms with Crippen molar-refractivity contribution in [1.82, 2.24) is 0 Å². The molecule has 0 saturated carbocycles. The van der Waals surface area contributed by atoms with E-state index in [1.807, 2.05) is 6.07 Å². The third-order valence-electron chi connectivity index (χ3n) is 3.07. The van der Waals surface area contributed by atoms with Crippen LogP contribution in [0.5, 0.6) is 0 Å². The van der Waals surface area contributed by atoms with Crippen LogP contribution in [0.25, 0.3) is 0 Å². The zero-order valence-corrected chi connectivity index (χ0v) is 10.4. The first kappa shape index (κ1) is 12.8. The molecule has 0 radical (unpaired) electrons. The Morgan fingerprint density at radius 1 is 1.31 bits per heavy atom. The van der Waals surface area contributed by atoms with Crippen LogP contribution < -0.4 is 0 Å². The number of benzene rings is 1. The predicted molar refractivity (Wildman–Crippen MR) is 68.1 cm³/mol. The highest BCUT2D eigenvalue weighted by atomic mass is 16.5. The third kappa shape index (κ3) is 3.09. The Labute approximate surface area is 98.1 Å². The average molecular weight is 219 g/mol. The normalized spacial score (nSPS) is 14.2. The molecule has 0 fully saturated rings. The fourth-order valence-electron chi connectivity index (χ4n) is 2.15. The Morgan fingerprint density at radius 2 is 1.94 bits per heavy atom. The van der Waals surface area contributed by atoms with Crippen LogP contribution in [0.1, 0.15) is 38.7 Å². The van der Waals surface area contributed by atoms with Gasteiger partial charge >= 0.3 is 0 Å². The van der Waals surface area contributed by atoms with Crippen molar-refractivity contribution in [3.63, 3.8) is 0 Å². The second-order valence-electron chi connectivity index (χ2n) is 4.48. The minimum absolute atomic E-state index is 0.0170. The van der Waals surface area contributed by atoms with Gasteiger partial charge in [-0.1, -0.05) is 50.6 Å². The van der Waals surface area contributed by atoms with Crippen molar-refractivity contribution in [3.8, 4) is 0 Å². The summed E-state index contributed by atoms with van der Waals surface area (Å²) in [6.45, 7) is 4.39. The molecule has 88 valence electrons. The van der Waals surface area contributed by atoms with Crippen LogP contribution in [-0.2, 0) is 10.2 Å². The molecule has 0 spiro atoms. The van der Waals surface area contributed by atoms with Crippen molar-refractivity contribution in [3.05, 3.63) is 35.9 Å². The van der Waals surface area contributed by atoms with Crippen LogP contribution in [0.15, 0.2) is 30.3 Å². The number of hydrogen-bond donors (Lipinski definition) is 1. The summed E-state index contributed by atoms with van der Waals surface area (Å²) >= 11 is 0. The van der Waals surface area contributed by atoms with Gasteiger partial charge in [0.1, 0.15) is 0 Å². The van der Waals surface area contributed by atoms with Crippen LogP contribution >= 0.6 is 0 Å². The molecule has 1 unspecified atom stereocenters. The van der Waals surface area contributed by atoms with Gasteiger partial charge in [0.05, 0.1) is 7.11 Å². The number of hydrogen-bond acceptors (Lipinski definition) is 2. The molecular weight excluding hydrogens is 198 g/mol. The van der Waals surface area contributed by atoms with Gasteiger partial charge in [-0.3, -0.25) is 5.41 Å². The fraction of sp³-hybridized carbons (Fsp3) is 0.500. The number of ether oxygens (including phenoxy) is 1. The van der Waals surface area contributed by atoms with Crippen LogP contribution in [0.2, 0.25) is 0 Å². The first-order valence-corrected chi connectivity index (χ1v) is 5.79. The molecule has 0 heterocycles. The van der Waals surface area contributed by atoms with E-state index in [9.17, 15) is 0 Å². The van der Waals surface area contributed by atoms with E-state index in [4.69, 9.17) is 10.1 Å². The monoisotopic (exact) mass is 219 g/mol. The van der Waals surface area contributed by atoms with Gasteiger partial charge < -0.3 is 4.74 Å². The number of rotatable bonds is 5. The molecule has 0 saturated heterocycles. The molecule has 0 aromatic heterocycles. The van der Waals surface area contributed by atoms with Crippen LogP contribution in [0, 0.1) is 5.41 Å². The minimum atomic E-state index is 0.0170. The first-order valence-electron chi connectivity index (χ1n) is 5.79. The predicted octanol–water partition coefficient (Wildman–Crippen LogP) is 3.76. The minimum Gasteiger partial charge on any atom is -0.484 e. The molecule has 2 heteroatoms. The molecular formula is C14H21NO. The van der Waals surface area contributed by atoms with Gasteiger partial charge in [0.15, 0.2) is 5.90 Å². The lowest BCUT2D eigenvalue weighted by Crippen LogP contribution is -2.26. The second-order valence-corrected chi connectivity index (χ2v) is 4.48. The second kappa shape index (κ2) is 5.69. The molecule has 1 atom stereocenters. The standard InChI is InChI=1S/C14H21NO/c1-4-10-14(2,11-13(15)16-3)12-8-6-5-7-9-12/h5-9,15H,4,10-11H2,1-3H3. The Balaban J connectivity index is 2.92. The SMILES string of the molecule is CCCC(C)(CC(=N)OC)c1ccccc1. The summed E-state index contributed by atoms with van der Waals surface area (Å²) in [4.78, 5) is 0. The van der Waals surface area contributed by atoms with E-state index in [1.165, 1.54) is 5.56 Å². The first-order chi connectivity index (χ1) is 7.62. The van der Waals surface area contributed by atoms with Crippen molar-refractivity contribution in [2.75, 3.05) is 7.11 Å². The number of methoxy groups -OCH3 is 1. The van der Waals surface area contributed by atoms with Crippen molar-refractivity contribution >= 4 is 5.90 Å². The van der Waals surface area contributed by atoms with Gasteiger partial charge in [0, 0.05) is 11.8 Å². The highest BCUT2D eigenvalue weighted by Crippen LogP contribution is 2.32. The quantitative estimate of drug-likeness (QED) is 0.593. The smallest absolute Gasteiger partial charge is 0.180 e. The Bertz CT molecular complexity index is 334. The van der Waals surface area contributed by atoms with E-state index in [0.717, 1.165) is 12.8 Å². The number of nitrogens with one attached hydrogen (secondary N) is 1. The highest BCUT2D eigenvalue weighted by molar-refractivity contribution is 5.74. The summed E-state index contributed by atoms with van der Waals surface area (Å²) in [7, 11) is 1.57.